The van der Waals surface area contributed by atoms with Crippen molar-refractivity contribution < 1.29 is 14.3 Å². The molecule has 0 aliphatic heterocycles. The Hall–Kier alpha value is -0.940. The van der Waals surface area contributed by atoms with Crippen LogP contribution in [0.25, 0.3) is 0 Å². The lowest BCUT2D eigenvalue weighted by Crippen LogP contribution is -2.39. The van der Waals surface area contributed by atoms with Crippen LogP contribution < -0.4 is 5.32 Å². The van der Waals surface area contributed by atoms with E-state index in [9.17, 15) is 4.79 Å². The van der Waals surface area contributed by atoms with E-state index in [1.165, 1.54) is 25.7 Å². The van der Waals surface area contributed by atoms with Crippen LogP contribution in [0, 0.1) is 6.92 Å². The van der Waals surface area contributed by atoms with Gasteiger partial charge in [-0.15, -0.1) is 0 Å². The number of aryl methyl sites for hydroxylation is 1. The second-order valence-corrected chi connectivity index (χ2v) is 6.15. The van der Waals surface area contributed by atoms with Gasteiger partial charge in [0.25, 0.3) is 0 Å². The molecule has 1 aromatic rings. The summed E-state index contributed by atoms with van der Waals surface area (Å²) in [6.07, 6.45) is 7.19. The zero-order chi connectivity index (χ0) is 13.8. The van der Waals surface area contributed by atoms with E-state index >= 15 is 0 Å². The molecule has 1 aromatic heterocycles. The third kappa shape index (κ3) is 3.54. The summed E-state index contributed by atoms with van der Waals surface area (Å²) in [5, 5.41) is 13.1. The van der Waals surface area contributed by atoms with Gasteiger partial charge >= 0.3 is 5.97 Å². The molecule has 4 nitrogen and oxygen atoms in total. The summed E-state index contributed by atoms with van der Waals surface area (Å²) in [6, 6.07) is 2.32. The first-order valence-corrected chi connectivity index (χ1v) is 7.99. The van der Waals surface area contributed by atoms with Crippen LogP contribution in [0.5, 0.6) is 0 Å². The van der Waals surface area contributed by atoms with Crippen LogP contribution in [-0.4, -0.2) is 28.6 Å². The maximum absolute atomic E-state index is 10.9. The minimum Gasteiger partial charge on any atom is -0.475 e. The Bertz CT molecular complexity index is 444. The zero-order valence-corrected chi connectivity index (χ0v) is 12.3. The van der Waals surface area contributed by atoms with E-state index in [0.717, 1.165) is 0 Å². The lowest BCUT2D eigenvalue weighted by molar-refractivity contribution is 0.0659. The van der Waals surface area contributed by atoms with Gasteiger partial charge in [0.05, 0.1) is 6.54 Å². The SMILES string of the molecule is CSC1CCCCC1NCc1cc(C)c(C(=O)O)o1. The molecule has 1 heterocycles. The van der Waals surface area contributed by atoms with Crippen molar-refractivity contribution in [1.29, 1.82) is 0 Å². The molecule has 19 heavy (non-hydrogen) atoms. The van der Waals surface area contributed by atoms with Gasteiger partial charge in [0.15, 0.2) is 0 Å². The number of nitrogens with one attached hydrogen (secondary N) is 1. The molecule has 0 aromatic carbocycles. The van der Waals surface area contributed by atoms with Gasteiger partial charge in [-0.2, -0.15) is 11.8 Å². The topological polar surface area (TPSA) is 62.5 Å². The van der Waals surface area contributed by atoms with Crippen LogP contribution in [0.15, 0.2) is 10.5 Å². The van der Waals surface area contributed by atoms with E-state index in [4.69, 9.17) is 9.52 Å². The summed E-state index contributed by atoms with van der Waals surface area (Å²) >= 11 is 1.92. The largest absolute Gasteiger partial charge is 0.475 e. The molecule has 2 unspecified atom stereocenters. The molecule has 2 atom stereocenters. The normalized spacial score (nSPS) is 23.5. The number of carbonyl (C=O) groups is 1. The number of furan rings is 1. The molecule has 0 radical (unpaired) electrons. The van der Waals surface area contributed by atoms with Crippen LogP contribution in [0.3, 0.4) is 0 Å². The van der Waals surface area contributed by atoms with Crippen LogP contribution in [0.1, 0.15) is 47.6 Å². The lowest BCUT2D eigenvalue weighted by Gasteiger charge is -2.30. The highest BCUT2D eigenvalue weighted by molar-refractivity contribution is 7.99. The fourth-order valence-corrected chi connectivity index (χ4v) is 3.65. The first-order chi connectivity index (χ1) is 9.11. The Morgan fingerprint density at radius 3 is 2.89 bits per heavy atom. The standard InChI is InChI=1S/C14H21NO3S/c1-9-7-10(18-13(9)14(16)17)8-15-11-5-3-4-6-12(11)19-2/h7,11-12,15H,3-6,8H2,1-2H3,(H,16,17). The second-order valence-electron chi connectivity index (χ2n) is 5.08. The molecule has 2 rings (SSSR count). The fourth-order valence-electron chi connectivity index (χ4n) is 2.69. The molecule has 1 saturated carbocycles. The van der Waals surface area contributed by atoms with Crippen molar-refractivity contribution in [3.8, 4) is 0 Å². The number of aromatic carboxylic acids is 1. The molecule has 0 spiro atoms. The van der Waals surface area contributed by atoms with Crippen molar-refractivity contribution >= 4 is 17.7 Å². The number of hydrogen-bond acceptors (Lipinski definition) is 4. The van der Waals surface area contributed by atoms with Crippen LogP contribution in [-0.2, 0) is 6.54 Å². The van der Waals surface area contributed by atoms with E-state index in [1.54, 1.807) is 6.92 Å². The van der Waals surface area contributed by atoms with Crippen molar-refractivity contribution in [3.05, 3.63) is 23.2 Å². The number of rotatable bonds is 5. The van der Waals surface area contributed by atoms with Crippen LogP contribution >= 0.6 is 11.8 Å². The first-order valence-electron chi connectivity index (χ1n) is 6.70. The predicted molar refractivity (Wildman–Crippen MR) is 76.8 cm³/mol. The molecule has 1 aliphatic carbocycles. The highest BCUT2D eigenvalue weighted by atomic mass is 32.2. The third-order valence-electron chi connectivity index (χ3n) is 3.71. The Balaban J connectivity index is 1.94. The summed E-state index contributed by atoms with van der Waals surface area (Å²) in [7, 11) is 0. The fraction of sp³-hybridized carbons (Fsp3) is 0.643. The molecule has 106 valence electrons. The average Bonchev–Trinajstić information content (AvgIpc) is 2.78. The molecule has 1 aliphatic rings. The van der Waals surface area contributed by atoms with Gasteiger partial charge < -0.3 is 14.8 Å². The molecule has 0 amide bonds. The van der Waals surface area contributed by atoms with Crippen LogP contribution in [0.2, 0.25) is 0 Å². The van der Waals surface area contributed by atoms with Gasteiger partial charge in [0.2, 0.25) is 5.76 Å². The molecule has 0 bridgehead atoms. The highest BCUT2D eigenvalue weighted by Crippen LogP contribution is 2.27. The highest BCUT2D eigenvalue weighted by Gasteiger charge is 2.24. The van der Waals surface area contributed by atoms with Gasteiger partial charge in [-0.3, -0.25) is 0 Å². The van der Waals surface area contributed by atoms with Crippen molar-refractivity contribution in [2.75, 3.05) is 6.26 Å². The van der Waals surface area contributed by atoms with E-state index in [0.29, 0.717) is 29.2 Å². The van der Waals surface area contributed by atoms with Crippen molar-refractivity contribution in [2.45, 2.75) is 50.4 Å². The van der Waals surface area contributed by atoms with E-state index in [-0.39, 0.29) is 5.76 Å². The van der Waals surface area contributed by atoms with Gasteiger partial charge in [0.1, 0.15) is 5.76 Å². The van der Waals surface area contributed by atoms with Gasteiger partial charge in [0, 0.05) is 16.9 Å². The van der Waals surface area contributed by atoms with E-state index < -0.39 is 5.97 Å². The Kier molecular flexibility index (Phi) is 4.93. The smallest absolute Gasteiger partial charge is 0.372 e. The van der Waals surface area contributed by atoms with Crippen LogP contribution in [0.4, 0.5) is 0 Å². The number of carboxylic acid groups (broad SMARTS) is 1. The van der Waals surface area contributed by atoms with Crippen molar-refractivity contribution in [3.63, 3.8) is 0 Å². The van der Waals surface area contributed by atoms with Crippen molar-refractivity contribution in [2.24, 2.45) is 0 Å². The maximum Gasteiger partial charge on any atom is 0.372 e. The molecule has 0 saturated heterocycles. The third-order valence-corrected chi connectivity index (χ3v) is 4.88. The molecule has 1 fully saturated rings. The maximum atomic E-state index is 10.9. The molecule has 5 heteroatoms. The Morgan fingerprint density at radius 1 is 1.53 bits per heavy atom. The minimum atomic E-state index is -0.997. The summed E-state index contributed by atoms with van der Waals surface area (Å²) in [5.41, 5.74) is 0.689. The summed E-state index contributed by atoms with van der Waals surface area (Å²) < 4.78 is 5.37. The minimum absolute atomic E-state index is 0.0573. The Morgan fingerprint density at radius 2 is 2.26 bits per heavy atom. The van der Waals surface area contributed by atoms with E-state index in [1.807, 2.05) is 17.8 Å². The summed E-state index contributed by atoms with van der Waals surface area (Å²) in [4.78, 5) is 10.9. The van der Waals surface area contributed by atoms with Gasteiger partial charge in [-0.05, 0) is 32.1 Å². The van der Waals surface area contributed by atoms with Gasteiger partial charge in [-0.1, -0.05) is 12.8 Å². The zero-order valence-electron chi connectivity index (χ0n) is 11.4. The second kappa shape index (κ2) is 6.48. The number of thioether (sulfide) groups is 1. The predicted octanol–water partition coefficient (Wildman–Crippen LogP) is 3.05. The monoisotopic (exact) mass is 283 g/mol. The number of carboxylic acids is 1. The van der Waals surface area contributed by atoms with Gasteiger partial charge in [-0.25, -0.2) is 4.79 Å². The van der Waals surface area contributed by atoms with Crippen molar-refractivity contribution in [1.82, 2.24) is 5.32 Å². The Labute approximate surface area is 117 Å². The quantitative estimate of drug-likeness (QED) is 0.869. The van der Waals surface area contributed by atoms with E-state index in [2.05, 4.69) is 11.6 Å². The summed E-state index contributed by atoms with van der Waals surface area (Å²) in [5.74, 6) is -0.231. The molecular formula is C14H21NO3S. The summed E-state index contributed by atoms with van der Waals surface area (Å²) in [6.45, 7) is 2.37. The lowest BCUT2D eigenvalue weighted by atomic mass is 9.95. The first kappa shape index (κ1) is 14.5. The average molecular weight is 283 g/mol. The number of hydrogen-bond donors (Lipinski definition) is 2. The molecule has 2 N–H and O–H groups in total. The molecular weight excluding hydrogens is 262 g/mol.